The van der Waals surface area contributed by atoms with Crippen LogP contribution in [0.25, 0.3) is 0 Å². The SMILES string of the molecule is C[C@H](CS)C(=O)O[C@@H](CSc1ccsc1)C(=O)O. The fraction of sp³-hybridized carbons (Fsp3) is 0.455. The van der Waals surface area contributed by atoms with Crippen LogP contribution in [0.15, 0.2) is 21.7 Å². The van der Waals surface area contributed by atoms with E-state index < -0.39 is 24.0 Å². The Morgan fingerprint density at radius 1 is 1.61 bits per heavy atom. The fourth-order valence-corrected chi connectivity index (χ4v) is 2.90. The lowest BCUT2D eigenvalue weighted by molar-refractivity contribution is -0.164. The Bertz CT molecular complexity index is 391. The van der Waals surface area contributed by atoms with Crippen LogP contribution < -0.4 is 0 Å². The van der Waals surface area contributed by atoms with Gasteiger partial charge in [-0.05, 0) is 11.4 Å². The molecule has 1 N–H and O–H groups in total. The molecule has 0 bridgehead atoms. The predicted octanol–water partition coefficient (Wildman–Crippen LogP) is 2.40. The molecular weight excluding hydrogens is 292 g/mol. The first-order valence-electron chi connectivity index (χ1n) is 5.23. The van der Waals surface area contributed by atoms with Crippen LogP contribution in [0, 0.1) is 5.92 Å². The van der Waals surface area contributed by atoms with Crippen molar-refractivity contribution < 1.29 is 19.4 Å². The summed E-state index contributed by atoms with van der Waals surface area (Å²) in [6, 6.07) is 1.90. The van der Waals surface area contributed by atoms with Gasteiger partial charge in [-0.1, -0.05) is 6.92 Å². The number of carboxylic acids is 1. The second-order valence-electron chi connectivity index (χ2n) is 3.62. The molecule has 0 saturated carbocycles. The molecule has 0 aliphatic rings. The first-order valence-corrected chi connectivity index (χ1v) is 7.79. The molecule has 0 aliphatic heterocycles. The number of hydrogen-bond donors (Lipinski definition) is 2. The van der Waals surface area contributed by atoms with Gasteiger partial charge in [-0.2, -0.15) is 24.0 Å². The van der Waals surface area contributed by atoms with Crippen molar-refractivity contribution in [1.29, 1.82) is 0 Å². The van der Waals surface area contributed by atoms with Gasteiger partial charge in [0.15, 0.2) is 0 Å². The zero-order valence-corrected chi connectivity index (χ0v) is 12.3. The van der Waals surface area contributed by atoms with E-state index in [-0.39, 0.29) is 5.75 Å². The van der Waals surface area contributed by atoms with Gasteiger partial charge in [-0.25, -0.2) is 4.79 Å². The van der Waals surface area contributed by atoms with Crippen molar-refractivity contribution in [3.05, 3.63) is 16.8 Å². The summed E-state index contributed by atoms with van der Waals surface area (Å²) in [6.45, 7) is 1.65. The van der Waals surface area contributed by atoms with Crippen molar-refractivity contribution in [1.82, 2.24) is 0 Å². The van der Waals surface area contributed by atoms with Crippen molar-refractivity contribution >= 4 is 47.7 Å². The highest BCUT2D eigenvalue weighted by molar-refractivity contribution is 7.99. The molecule has 2 atom stereocenters. The molecule has 1 rings (SSSR count). The van der Waals surface area contributed by atoms with Crippen LogP contribution in [0.4, 0.5) is 0 Å². The predicted molar refractivity (Wildman–Crippen MR) is 75.6 cm³/mol. The van der Waals surface area contributed by atoms with Gasteiger partial charge in [0.05, 0.1) is 5.92 Å². The quantitative estimate of drug-likeness (QED) is 0.460. The smallest absolute Gasteiger partial charge is 0.345 e. The van der Waals surface area contributed by atoms with E-state index in [0.29, 0.717) is 5.75 Å². The van der Waals surface area contributed by atoms with Crippen molar-refractivity contribution in [3.63, 3.8) is 0 Å². The highest BCUT2D eigenvalue weighted by Gasteiger charge is 2.24. The molecule has 1 heterocycles. The summed E-state index contributed by atoms with van der Waals surface area (Å²) < 4.78 is 4.96. The maximum absolute atomic E-state index is 11.5. The number of thioether (sulfide) groups is 1. The molecular formula is C11H14O4S3. The first-order chi connectivity index (χ1) is 8.54. The van der Waals surface area contributed by atoms with Gasteiger partial charge < -0.3 is 9.84 Å². The summed E-state index contributed by atoms with van der Waals surface area (Å²) in [5, 5.41) is 12.8. The second-order valence-corrected chi connectivity index (χ2v) is 5.86. The topological polar surface area (TPSA) is 63.6 Å². The van der Waals surface area contributed by atoms with Crippen molar-refractivity contribution in [2.45, 2.75) is 17.9 Å². The van der Waals surface area contributed by atoms with E-state index in [4.69, 9.17) is 9.84 Å². The van der Waals surface area contributed by atoms with Gasteiger partial charge in [0.1, 0.15) is 0 Å². The zero-order chi connectivity index (χ0) is 13.5. The van der Waals surface area contributed by atoms with Crippen LogP contribution in [-0.4, -0.2) is 34.7 Å². The molecule has 18 heavy (non-hydrogen) atoms. The van der Waals surface area contributed by atoms with Crippen LogP contribution >= 0.6 is 35.7 Å². The maximum atomic E-state index is 11.5. The summed E-state index contributed by atoms with van der Waals surface area (Å²) >= 11 is 6.87. The van der Waals surface area contributed by atoms with Crippen molar-refractivity contribution in [2.75, 3.05) is 11.5 Å². The van der Waals surface area contributed by atoms with Gasteiger partial charge in [0, 0.05) is 21.8 Å². The van der Waals surface area contributed by atoms with Gasteiger partial charge >= 0.3 is 11.9 Å². The Hall–Kier alpha value is -0.660. The van der Waals surface area contributed by atoms with E-state index in [0.717, 1.165) is 4.90 Å². The lowest BCUT2D eigenvalue weighted by Crippen LogP contribution is -2.32. The Morgan fingerprint density at radius 2 is 2.33 bits per heavy atom. The molecule has 1 aromatic rings. The lowest BCUT2D eigenvalue weighted by atomic mass is 10.2. The molecule has 0 unspecified atom stereocenters. The summed E-state index contributed by atoms with van der Waals surface area (Å²) in [5.41, 5.74) is 0. The minimum absolute atomic E-state index is 0.205. The molecule has 0 amide bonds. The third-order valence-electron chi connectivity index (χ3n) is 2.11. The average Bonchev–Trinajstić information content (AvgIpc) is 2.85. The van der Waals surface area contributed by atoms with E-state index >= 15 is 0 Å². The monoisotopic (exact) mass is 306 g/mol. The molecule has 0 fully saturated rings. The number of thiol groups is 1. The normalized spacial score (nSPS) is 13.9. The van der Waals surface area contributed by atoms with E-state index in [1.54, 1.807) is 6.92 Å². The number of rotatable bonds is 7. The molecule has 0 aliphatic carbocycles. The standard InChI is InChI=1S/C11H14O4S3/c1-7(4-16)11(14)15-9(10(12)13)6-18-8-2-3-17-5-8/h2-3,5,7,9,16H,4,6H2,1H3,(H,12,13)/t7-,9+/m1/s1. The summed E-state index contributed by atoms with van der Waals surface area (Å²) in [7, 11) is 0. The Morgan fingerprint density at radius 3 is 2.83 bits per heavy atom. The number of ether oxygens (including phenoxy) is 1. The Labute approximate surface area is 119 Å². The largest absolute Gasteiger partial charge is 0.478 e. The molecule has 1 aromatic heterocycles. The third-order valence-corrected chi connectivity index (χ3v) is 4.54. The first kappa shape index (κ1) is 15.4. The molecule has 0 radical (unpaired) electrons. The van der Waals surface area contributed by atoms with Gasteiger partial charge in [0.25, 0.3) is 0 Å². The minimum atomic E-state index is -1.13. The van der Waals surface area contributed by atoms with Gasteiger partial charge in [0.2, 0.25) is 6.10 Å². The number of carbonyl (C=O) groups excluding carboxylic acids is 1. The lowest BCUT2D eigenvalue weighted by Gasteiger charge is -2.15. The number of carbonyl (C=O) groups is 2. The summed E-state index contributed by atoms with van der Waals surface area (Å²) in [4.78, 5) is 23.5. The maximum Gasteiger partial charge on any atom is 0.345 e. The average molecular weight is 306 g/mol. The number of thiophene rings is 1. The Kier molecular flexibility index (Phi) is 6.59. The van der Waals surface area contributed by atoms with Crippen molar-refractivity contribution in [3.8, 4) is 0 Å². The highest BCUT2D eigenvalue weighted by atomic mass is 32.2. The van der Waals surface area contributed by atoms with E-state index in [1.165, 1.54) is 23.1 Å². The Balaban J connectivity index is 2.50. The number of aliphatic carboxylic acids is 1. The summed E-state index contributed by atoms with van der Waals surface area (Å²) in [5.74, 6) is -1.51. The van der Waals surface area contributed by atoms with Crippen LogP contribution in [0.5, 0.6) is 0 Å². The molecule has 100 valence electrons. The minimum Gasteiger partial charge on any atom is -0.478 e. The molecule has 0 saturated heterocycles. The van der Waals surface area contributed by atoms with Crippen LogP contribution in [0.3, 0.4) is 0 Å². The molecule has 7 heteroatoms. The van der Waals surface area contributed by atoms with Crippen LogP contribution in [0.1, 0.15) is 6.92 Å². The van der Waals surface area contributed by atoms with Crippen LogP contribution in [-0.2, 0) is 14.3 Å². The molecule has 4 nitrogen and oxygen atoms in total. The number of carboxylic acid groups (broad SMARTS) is 1. The molecule has 0 aromatic carbocycles. The molecule has 0 spiro atoms. The summed E-state index contributed by atoms with van der Waals surface area (Å²) in [6.07, 6.45) is -1.12. The highest BCUT2D eigenvalue weighted by Crippen LogP contribution is 2.22. The van der Waals surface area contributed by atoms with Crippen LogP contribution in [0.2, 0.25) is 0 Å². The fourth-order valence-electron chi connectivity index (χ4n) is 0.993. The second kappa shape index (κ2) is 7.70. The number of esters is 1. The van der Waals surface area contributed by atoms with Crippen molar-refractivity contribution in [2.24, 2.45) is 5.92 Å². The van der Waals surface area contributed by atoms with E-state index in [1.807, 2.05) is 16.8 Å². The van der Waals surface area contributed by atoms with E-state index in [9.17, 15) is 9.59 Å². The van der Waals surface area contributed by atoms with Gasteiger partial charge in [-0.15, -0.1) is 11.8 Å². The van der Waals surface area contributed by atoms with Gasteiger partial charge in [-0.3, -0.25) is 4.79 Å². The van der Waals surface area contributed by atoms with E-state index in [2.05, 4.69) is 12.6 Å². The third kappa shape index (κ3) is 4.91. The number of hydrogen-bond acceptors (Lipinski definition) is 6. The zero-order valence-electron chi connectivity index (χ0n) is 9.74.